The first-order chi connectivity index (χ1) is 6.54. The van der Waals surface area contributed by atoms with E-state index in [4.69, 9.17) is 5.11 Å². The molecule has 1 N–H and O–H groups in total. The summed E-state index contributed by atoms with van der Waals surface area (Å²) >= 11 is 0. The van der Waals surface area contributed by atoms with Gasteiger partial charge in [-0.25, -0.2) is 0 Å². The molecule has 0 heterocycles. The Bertz CT molecular complexity index is 349. The second kappa shape index (κ2) is 4.19. The number of rotatable bonds is 3. The van der Waals surface area contributed by atoms with Gasteiger partial charge < -0.3 is 5.11 Å². The predicted molar refractivity (Wildman–Crippen MR) is 53.0 cm³/mol. The molecule has 0 aromatic heterocycles. The van der Waals surface area contributed by atoms with Crippen LogP contribution in [0.2, 0.25) is 0 Å². The summed E-state index contributed by atoms with van der Waals surface area (Å²) in [7, 11) is 0. The molecule has 0 aliphatic heterocycles. The summed E-state index contributed by atoms with van der Waals surface area (Å²) in [5.41, 5.74) is 1.54. The number of aliphatic hydroxyl groups excluding tert-OH is 1. The summed E-state index contributed by atoms with van der Waals surface area (Å²) in [6.45, 7) is 5.36. The molecule has 1 radical (unpaired) electrons. The molecule has 0 fully saturated rings. The zero-order valence-corrected chi connectivity index (χ0v) is 7.93. The highest BCUT2D eigenvalue weighted by atomic mass is 16.6. The quantitative estimate of drug-likeness (QED) is 0.589. The van der Waals surface area contributed by atoms with Crippen molar-refractivity contribution < 1.29 is 10.0 Å². The Morgan fingerprint density at radius 1 is 1.57 bits per heavy atom. The fourth-order valence-corrected chi connectivity index (χ4v) is 1.24. The Balaban J connectivity index is 3.13. The number of hydrogen-bond acceptors (Lipinski definition) is 3. The molecule has 1 aromatic rings. The molecule has 0 amide bonds. The van der Waals surface area contributed by atoms with Crippen molar-refractivity contribution >= 4 is 5.69 Å². The molecule has 0 aliphatic rings. The number of hydrogen-bond donors (Lipinski definition) is 1. The van der Waals surface area contributed by atoms with Gasteiger partial charge in [0.25, 0.3) is 5.69 Å². The van der Waals surface area contributed by atoms with E-state index in [-0.39, 0.29) is 18.2 Å². The second-order valence-electron chi connectivity index (χ2n) is 3.24. The van der Waals surface area contributed by atoms with Gasteiger partial charge in [-0.3, -0.25) is 10.1 Å². The van der Waals surface area contributed by atoms with Crippen LogP contribution in [0, 0.1) is 24.0 Å². The molecule has 1 atom stereocenters. The highest BCUT2D eigenvalue weighted by Crippen LogP contribution is 2.22. The number of nitro benzene ring substituents is 1. The molecule has 1 aromatic carbocycles. The average molecular weight is 194 g/mol. The number of aliphatic hydroxyl groups is 1. The van der Waals surface area contributed by atoms with E-state index >= 15 is 0 Å². The van der Waals surface area contributed by atoms with Crippen LogP contribution in [0.15, 0.2) is 18.2 Å². The molecule has 0 saturated heterocycles. The summed E-state index contributed by atoms with van der Waals surface area (Å²) in [5, 5.41) is 19.4. The van der Waals surface area contributed by atoms with Gasteiger partial charge in [-0.1, -0.05) is 6.07 Å². The lowest BCUT2D eigenvalue weighted by molar-refractivity contribution is -0.385. The van der Waals surface area contributed by atoms with E-state index in [0.717, 1.165) is 5.56 Å². The van der Waals surface area contributed by atoms with E-state index in [1.165, 1.54) is 12.1 Å². The number of nitro groups is 1. The van der Waals surface area contributed by atoms with Crippen molar-refractivity contribution in [2.75, 3.05) is 6.61 Å². The van der Waals surface area contributed by atoms with Gasteiger partial charge in [0.2, 0.25) is 0 Å². The fraction of sp³-hybridized carbons (Fsp3) is 0.300. The van der Waals surface area contributed by atoms with Crippen molar-refractivity contribution in [3.05, 3.63) is 46.4 Å². The lowest BCUT2D eigenvalue weighted by Crippen LogP contribution is -2.01. The van der Waals surface area contributed by atoms with Gasteiger partial charge in [-0.15, -0.1) is 0 Å². The minimum Gasteiger partial charge on any atom is -0.396 e. The van der Waals surface area contributed by atoms with Gasteiger partial charge in [-0.05, 0) is 25.0 Å². The fourth-order valence-electron chi connectivity index (χ4n) is 1.24. The number of aryl methyl sites for hydroxylation is 1. The van der Waals surface area contributed by atoms with Gasteiger partial charge in [0.05, 0.1) is 4.92 Å². The molecule has 75 valence electrons. The highest BCUT2D eigenvalue weighted by Gasteiger charge is 2.11. The van der Waals surface area contributed by atoms with Crippen LogP contribution >= 0.6 is 0 Å². The first-order valence-corrected chi connectivity index (χ1v) is 4.24. The van der Waals surface area contributed by atoms with Gasteiger partial charge in [0.1, 0.15) is 0 Å². The first kappa shape index (κ1) is 10.7. The van der Waals surface area contributed by atoms with E-state index in [0.29, 0.717) is 5.56 Å². The lowest BCUT2D eigenvalue weighted by atomic mass is 9.99. The highest BCUT2D eigenvalue weighted by molar-refractivity contribution is 5.40. The number of nitrogens with zero attached hydrogens (tertiary/aromatic N) is 1. The van der Waals surface area contributed by atoms with Crippen LogP contribution in [-0.2, 0) is 0 Å². The van der Waals surface area contributed by atoms with Crippen molar-refractivity contribution in [2.24, 2.45) is 0 Å². The van der Waals surface area contributed by atoms with Crippen LogP contribution in [0.4, 0.5) is 5.69 Å². The first-order valence-electron chi connectivity index (χ1n) is 4.24. The van der Waals surface area contributed by atoms with E-state index < -0.39 is 4.92 Å². The molecule has 0 aliphatic carbocycles. The standard InChI is InChI=1S/C10H12NO3/c1-7-3-9(8(2)6-12)5-10(4-7)11(13)14/h3-5,8,12H,2,6H2,1H3. The average Bonchev–Trinajstić information content (AvgIpc) is 2.15. The summed E-state index contributed by atoms with van der Waals surface area (Å²) in [4.78, 5) is 10.1. The van der Waals surface area contributed by atoms with Crippen molar-refractivity contribution in [2.45, 2.75) is 12.8 Å². The van der Waals surface area contributed by atoms with Crippen molar-refractivity contribution in [1.82, 2.24) is 0 Å². The SMILES string of the molecule is [CH2]C(CO)c1cc(C)cc([N+](=O)[O-])c1. The van der Waals surface area contributed by atoms with Gasteiger partial charge in [0.15, 0.2) is 0 Å². The maximum absolute atomic E-state index is 10.5. The second-order valence-corrected chi connectivity index (χ2v) is 3.24. The summed E-state index contributed by atoms with van der Waals surface area (Å²) < 4.78 is 0. The molecule has 1 unspecified atom stereocenters. The Labute approximate surface area is 82.3 Å². The van der Waals surface area contributed by atoms with Crippen LogP contribution in [-0.4, -0.2) is 16.6 Å². The van der Waals surface area contributed by atoms with Crippen LogP contribution in [0.1, 0.15) is 17.0 Å². The Hall–Kier alpha value is -1.42. The maximum Gasteiger partial charge on any atom is 0.269 e. The van der Waals surface area contributed by atoms with Crippen molar-refractivity contribution in [3.63, 3.8) is 0 Å². The normalized spacial score (nSPS) is 12.5. The molecule has 0 spiro atoms. The maximum atomic E-state index is 10.5. The smallest absolute Gasteiger partial charge is 0.269 e. The Morgan fingerprint density at radius 2 is 2.21 bits per heavy atom. The monoisotopic (exact) mass is 194 g/mol. The molecule has 0 bridgehead atoms. The van der Waals surface area contributed by atoms with Gasteiger partial charge in [-0.2, -0.15) is 0 Å². The van der Waals surface area contributed by atoms with Gasteiger partial charge in [0, 0.05) is 24.7 Å². The molecule has 4 heteroatoms. The minimum atomic E-state index is -0.444. The number of non-ortho nitro benzene ring substituents is 1. The molecule has 14 heavy (non-hydrogen) atoms. The molecule has 0 saturated carbocycles. The van der Waals surface area contributed by atoms with Crippen molar-refractivity contribution in [1.29, 1.82) is 0 Å². The van der Waals surface area contributed by atoms with Crippen LogP contribution in [0.5, 0.6) is 0 Å². The topological polar surface area (TPSA) is 63.4 Å². The third-order valence-electron chi connectivity index (χ3n) is 1.99. The molecule has 4 nitrogen and oxygen atoms in total. The predicted octanol–water partition coefficient (Wildman–Crippen LogP) is 1.81. The molecular formula is C10H12NO3. The van der Waals surface area contributed by atoms with E-state index in [1.807, 2.05) is 0 Å². The summed E-state index contributed by atoms with van der Waals surface area (Å²) in [6, 6.07) is 4.73. The number of benzene rings is 1. The lowest BCUT2D eigenvalue weighted by Gasteiger charge is -2.08. The molecule has 1 rings (SSSR count). The van der Waals surface area contributed by atoms with Gasteiger partial charge >= 0.3 is 0 Å². The third-order valence-corrected chi connectivity index (χ3v) is 1.99. The zero-order chi connectivity index (χ0) is 10.7. The van der Waals surface area contributed by atoms with E-state index in [9.17, 15) is 10.1 Å². The Morgan fingerprint density at radius 3 is 2.71 bits per heavy atom. The third kappa shape index (κ3) is 2.29. The van der Waals surface area contributed by atoms with Crippen LogP contribution in [0.3, 0.4) is 0 Å². The Kier molecular flexibility index (Phi) is 3.19. The summed E-state index contributed by atoms with van der Waals surface area (Å²) in [6.07, 6.45) is 0. The van der Waals surface area contributed by atoms with Crippen LogP contribution < -0.4 is 0 Å². The van der Waals surface area contributed by atoms with E-state index in [2.05, 4.69) is 6.92 Å². The minimum absolute atomic E-state index is 0.0436. The summed E-state index contributed by atoms with van der Waals surface area (Å²) in [5.74, 6) is -0.311. The largest absolute Gasteiger partial charge is 0.396 e. The van der Waals surface area contributed by atoms with Crippen molar-refractivity contribution in [3.8, 4) is 0 Å². The van der Waals surface area contributed by atoms with Crippen LogP contribution in [0.25, 0.3) is 0 Å². The zero-order valence-electron chi connectivity index (χ0n) is 7.93. The molecular weight excluding hydrogens is 182 g/mol. The van der Waals surface area contributed by atoms with E-state index in [1.54, 1.807) is 13.0 Å².